The lowest BCUT2D eigenvalue weighted by atomic mass is 9.68. The Kier molecular flexibility index (Phi) is 3.56. The SMILES string of the molecule is O=c1[nH]c(C[NH+]2CCCC2)nc2c1C1(CCCC1)Cc1ccccc1-2. The summed E-state index contributed by atoms with van der Waals surface area (Å²) in [7, 11) is 0. The molecule has 5 rings (SSSR count). The molecule has 4 heteroatoms. The van der Waals surface area contributed by atoms with Gasteiger partial charge in [-0.1, -0.05) is 37.1 Å². The van der Waals surface area contributed by atoms with E-state index in [1.807, 2.05) is 0 Å². The van der Waals surface area contributed by atoms with E-state index in [1.54, 1.807) is 4.90 Å². The number of likely N-dealkylation sites (tertiary alicyclic amines) is 1. The number of aromatic amines is 1. The van der Waals surface area contributed by atoms with E-state index in [4.69, 9.17) is 4.98 Å². The Hall–Kier alpha value is -1.94. The van der Waals surface area contributed by atoms with Crippen molar-refractivity contribution in [1.29, 1.82) is 0 Å². The normalized spacial score (nSPS) is 21.4. The van der Waals surface area contributed by atoms with Crippen LogP contribution in [-0.2, 0) is 18.4 Å². The number of quaternary nitrogens is 1. The van der Waals surface area contributed by atoms with Crippen LogP contribution in [0.2, 0.25) is 0 Å². The molecule has 0 atom stereocenters. The number of hydrogen-bond acceptors (Lipinski definition) is 2. The summed E-state index contributed by atoms with van der Waals surface area (Å²) in [5, 5.41) is 0. The van der Waals surface area contributed by atoms with Gasteiger partial charge in [-0.15, -0.1) is 0 Å². The first-order valence-electron chi connectivity index (χ1n) is 9.81. The lowest BCUT2D eigenvalue weighted by Gasteiger charge is -2.35. The van der Waals surface area contributed by atoms with E-state index in [9.17, 15) is 4.79 Å². The lowest BCUT2D eigenvalue weighted by Crippen LogP contribution is -3.08. The third-order valence-electron chi connectivity index (χ3n) is 6.59. The number of nitrogens with one attached hydrogen (secondary N) is 2. The molecule has 4 nitrogen and oxygen atoms in total. The van der Waals surface area contributed by atoms with Crippen LogP contribution < -0.4 is 10.5 Å². The van der Waals surface area contributed by atoms with E-state index in [0.29, 0.717) is 0 Å². The molecular formula is C21H26N3O+. The van der Waals surface area contributed by atoms with E-state index in [0.717, 1.165) is 42.9 Å². The summed E-state index contributed by atoms with van der Waals surface area (Å²) in [6, 6.07) is 8.57. The van der Waals surface area contributed by atoms with Gasteiger partial charge in [-0.2, -0.15) is 0 Å². The molecular weight excluding hydrogens is 310 g/mol. The van der Waals surface area contributed by atoms with Crippen LogP contribution in [0.4, 0.5) is 0 Å². The molecule has 1 aromatic carbocycles. The summed E-state index contributed by atoms with van der Waals surface area (Å²) < 4.78 is 0. The van der Waals surface area contributed by atoms with Gasteiger partial charge >= 0.3 is 0 Å². The van der Waals surface area contributed by atoms with Gasteiger partial charge in [-0.25, -0.2) is 4.98 Å². The van der Waals surface area contributed by atoms with Crippen LogP contribution in [0.3, 0.4) is 0 Å². The third-order valence-corrected chi connectivity index (χ3v) is 6.59. The van der Waals surface area contributed by atoms with Crippen molar-refractivity contribution in [3.63, 3.8) is 0 Å². The molecule has 1 aromatic heterocycles. The van der Waals surface area contributed by atoms with Gasteiger partial charge in [-0.05, 0) is 24.8 Å². The zero-order valence-electron chi connectivity index (χ0n) is 14.7. The van der Waals surface area contributed by atoms with E-state index >= 15 is 0 Å². The average Bonchev–Trinajstić information content (AvgIpc) is 3.27. The van der Waals surface area contributed by atoms with Crippen LogP contribution in [0.25, 0.3) is 11.3 Å². The van der Waals surface area contributed by atoms with Crippen molar-refractivity contribution in [2.75, 3.05) is 13.1 Å². The molecule has 1 saturated heterocycles. The van der Waals surface area contributed by atoms with Crippen LogP contribution >= 0.6 is 0 Å². The average molecular weight is 336 g/mol. The highest BCUT2D eigenvalue weighted by molar-refractivity contribution is 5.71. The van der Waals surface area contributed by atoms with Gasteiger partial charge in [0.1, 0.15) is 6.54 Å². The summed E-state index contributed by atoms with van der Waals surface area (Å²) in [5.41, 5.74) is 4.64. The molecule has 0 unspecified atom stereocenters. The smallest absolute Gasteiger partial charge is 0.255 e. The summed E-state index contributed by atoms with van der Waals surface area (Å²) in [5.74, 6) is 0.866. The van der Waals surface area contributed by atoms with Crippen molar-refractivity contribution in [2.24, 2.45) is 0 Å². The predicted molar refractivity (Wildman–Crippen MR) is 97.8 cm³/mol. The minimum absolute atomic E-state index is 0.0172. The van der Waals surface area contributed by atoms with Crippen molar-refractivity contribution >= 4 is 0 Å². The number of fused-ring (bicyclic) bond motifs is 4. The molecule has 2 aromatic rings. The number of H-pyrrole nitrogens is 1. The number of nitrogens with zero attached hydrogens (tertiary/aromatic N) is 1. The zero-order valence-corrected chi connectivity index (χ0v) is 14.7. The maximum atomic E-state index is 13.1. The fourth-order valence-electron chi connectivity index (χ4n) is 5.42. The Labute approximate surface area is 148 Å². The minimum atomic E-state index is 0.0172. The lowest BCUT2D eigenvalue weighted by molar-refractivity contribution is -0.902. The fourth-order valence-corrected chi connectivity index (χ4v) is 5.42. The molecule has 25 heavy (non-hydrogen) atoms. The minimum Gasteiger partial charge on any atom is -0.329 e. The van der Waals surface area contributed by atoms with E-state index in [1.165, 1.54) is 49.9 Å². The van der Waals surface area contributed by atoms with Crippen LogP contribution in [0, 0.1) is 0 Å². The highest BCUT2D eigenvalue weighted by Gasteiger charge is 2.44. The van der Waals surface area contributed by atoms with Crippen molar-refractivity contribution < 1.29 is 4.90 Å². The van der Waals surface area contributed by atoms with Crippen LogP contribution in [-0.4, -0.2) is 23.1 Å². The summed E-state index contributed by atoms with van der Waals surface area (Å²) in [6.07, 6.45) is 8.26. The third kappa shape index (κ3) is 2.46. The Morgan fingerprint density at radius 1 is 1.08 bits per heavy atom. The highest BCUT2D eigenvalue weighted by atomic mass is 16.1. The first-order valence-corrected chi connectivity index (χ1v) is 9.81. The topological polar surface area (TPSA) is 50.2 Å². The van der Waals surface area contributed by atoms with E-state index in [2.05, 4.69) is 29.2 Å². The largest absolute Gasteiger partial charge is 0.329 e. The van der Waals surface area contributed by atoms with Crippen LogP contribution in [0.1, 0.15) is 55.5 Å². The second-order valence-electron chi connectivity index (χ2n) is 8.19. The van der Waals surface area contributed by atoms with Gasteiger partial charge in [0.2, 0.25) is 0 Å². The second kappa shape index (κ2) is 5.80. The summed E-state index contributed by atoms with van der Waals surface area (Å²) in [6.45, 7) is 3.24. The standard InChI is InChI=1S/C21H25N3O/c25-20-18-19(22-17(23-20)14-24-11-5-6-12-24)16-8-2-1-7-15(16)13-21(18)9-3-4-10-21/h1-2,7-8H,3-6,9-14H2,(H,22,23,25)/p+1. The molecule has 1 aliphatic heterocycles. The monoisotopic (exact) mass is 336 g/mol. The van der Waals surface area contributed by atoms with Gasteiger partial charge in [0.05, 0.1) is 24.3 Å². The molecule has 3 aliphatic rings. The molecule has 1 spiro atoms. The van der Waals surface area contributed by atoms with Crippen molar-refractivity contribution in [3.05, 3.63) is 51.6 Å². The van der Waals surface area contributed by atoms with E-state index < -0.39 is 0 Å². The molecule has 1 saturated carbocycles. The quantitative estimate of drug-likeness (QED) is 0.881. The molecule has 2 heterocycles. The second-order valence-corrected chi connectivity index (χ2v) is 8.19. The first kappa shape index (κ1) is 15.3. The van der Waals surface area contributed by atoms with Gasteiger partial charge in [0.25, 0.3) is 5.56 Å². The molecule has 0 bridgehead atoms. The summed E-state index contributed by atoms with van der Waals surface area (Å²) >= 11 is 0. The van der Waals surface area contributed by atoms with E-state index in [-0.39, 0.29) is 11.0 Å². The number of aromatic nitrogens is 2. The molecule has 2 aliphatic carbocycles. The molecule has 2 N–H and O–H groups in total. The number of rotatable bonds is 2. The number of hydrogen-bond donors (Lipinski definition) is 2. The number of benzene rings is 1. The fraction of sp³-hybridized carbons (Fsp3) is 0.524. The van der Waals surface area contributed by atoms with Crippen molar-refractivity contribution in [3.8, 4) is 11.3 Å². The summed E-state index contributed by atoms with van der Waals surface area (Å²) in [4.78, 5) is 22.8. The molecule has 0 amide bonds. The molecule has 130 valence electrons. The van der Waals surface area contributed by atoms with Crippen molar-refractivity contribution in [2.45, 2.75) is 56.9 Å². The van der Waals surface area contributed by atoms with Crippen LogP contribution in [0.15, 0.2) is 29.1 Å². The zero-order chi connectivity index (χ0) is 16.9. The van der Waals surface area contributed by atoms with Gasteiger partial charge in [-0.3, -0.25) is 4.79 Å². The van der Waals surface area contributed by atoms with Gasteiger partial charge in [0, 0.05) is 23.8 Å². The Morgan fingerprint density at radius 3 is 2.64 bits per heavy atom. The van der Waals surface area contributed by atoms with Crippen LogP contribution in [0.5, 0.6) is 0 Å². The van der Waals surface area contributed by atoms with Gasteiger partial charge < -0.3 is 9.88 Å². The molecule has 0 radical (unpaired) electrons. The maximum Gasteiger partial charge on any atom is 0.255 e. The highest BCUT2D eigenvalue weighted by Crippen LogP contribution is 2.49. The molecule has 2 fully saturated rings. The Balaban J connectivity index is 1.66. The Morgan fingerprint density at radius 2 is 1.84 bits per heavy atom. The maximum absolute atomic E-state index is 13.1. The Bertz CT molecular complexity index is 858. The van der Waals surface area contributed by atoms with Gasteiger partial charge in [0.15, 0.2) is 5.82 Å². The first-order chi connectivity index (χ1) is 12.3. The predicted octanol–water partition coefficient (Wildman–Crippen LogP) is 1.98. The van der Waals surface area contributed by atoms with Crippen molar-refractivity contribution in [1.82, 2.24) is 9.97 Å².